The van der Waals surface area contributed by atoms with Gasteiger partial charge in [0.05, 0.1) is 11.1 Å². The Kier molecular flexibility index (Phi) is 4.33. The maximum atomic E-state index is 13.6. The first kappa shape index (κ1) is 15.0. The normalized spacial score (nSPS) is 14.7. The lowest BCUT2D eigenvalue weighted by atomic mass is 9.97. The van der Waals surface area contributed by atoms with Gasteiger partial charge >= 0.3 is 0 Å². The molecule has 0 aliphatic carbocycles. The van der Waals surface area contributed by atoms with Crippen molar-refractivity contribution in [3.63, 3.8) is 0 Å². The maximum absolute atomic E-state index is 13.6. The first-order valence-corrected chi connectivity index (χ1v) is 8.28. The number of benzene rings is 2. The number of hydrogen-bond donors (Lipinski definition) is 1. The summed E-state index contributed by atoms with van der Waals surface area (Å²) in [6, 6.07) is 8.75. The van der Waals surface area contributed by atoms with Crippen molar-refractivity contribution < 1.29 is 9.13 Å². The average molecular weight is 415 g/mol. The highest BCUT2D eigenvalue weighted by atomic mass is 79.9. The maximum Gasteiger partial charge on any atom is 0.137 e. The summed E-state index contributed by atoms with van der Waals surface area (Å²) in [7, 11) is 0. The Hall–Kier alpha value is -0.910. The molecule has 1 aliphatic heterocycles. The van der Waals surface area contributed by atoms with E-state index in [4.69, 9.17) is 10.5 Å². The van der Waals surface area contributed by atoms with Gasteiger partial charge in [-0.05, 0) is 57.2 Å². The molecule has 1 heterocycles. The van der Waals surface area contributed by atoms with E-state index in [2.05, 4.69) is 37.9 Å². The van der Waals surface area contributed by atoms with Crippen molar-refractivity contribution >= 4 is 31.9 Å². The van der Waals surface area contributed by atoms with Gasteiger partial charge in [0, 0.05) is 16.9 Å². The molecule has 0 spiro atoms. The lowest BCUT2D eigenvalue weighted by Crippen LogP contribution is -2.15. The molecule has 2 N–H and O–H groups in total. The first-order chi connectivity index (χ1) is 10.1. The van der Waals surface area contributed by atoms with Crippen LogP contribution in [0.5, 0.6) is 5.75 Å². The molecule has 0 radical (unpaired) electrons. The van der Waals surface area contributed by atoms with Gasteiger partial charge in [-0.2, -0.15) is 0 Å². The molecule has 2 nitrogen and oxygen atoms in total. The lowest BCUT2D eigenvalue weighted by molar-refractivity contribution is 0.352. The summed E-state index contributed by atoms with van der Waals surface area (Å²) in [6.07, 6.45) is 1.52. The predicted octanol–water partition coefficient (Wildman–Crippen LogP) is 4.53. The molecule has 2 aromatic carbocycles. The van der Waals surface area contributed by atoms with Crippen LogP contribution in [-0.4, -0.2) is 6.61 Å². The fraction of sp³-hybridized carbons (Fsp3) is 0.250. The van der Waals surface area contributed by atoms with Gasteiger partial charge in [0.2, 0.25) is 0 Å². The van der Waals surface area contributed by atoms with Crippen molar-refractivity contribution in [2.24, 2.45) is 5.73 Å². The van der Waals surface area contributed by atoms with Gasteiger partial charge in [-0.3, -0.25) is 0 Å². The van der Waals surface area contributed by atoms with Crippen LogP contribution in [0.25, 0.3) is 0 Å². The topological polar surface area (TPSA) is 35.2 Å². The molecular weight excluding hydrogens is 401 g/mol. The van der Waals surface area contributed by atoms with Crippen LogP contribution >= 0.6 is 31.9 Å². The second-order valence-electron chi connectivity index (χ2n) is 5.11. The number of hydrogen-bond acceptors (Lipinski definition) is 2. The van der Waals surface area contributed by atoms with Crippen LogP contribution in [0.4, 0.5) is 4.39 Å². The van der Waals surface area contributed by atoms with Crippen LogP contribution in [0, 0.1) is 5.82 Å². The van der Waals surface area contributed by atoms with Gasteiger partial charge in [-0.1, -0.05) is 28.1 Å². The molecule has 1 unspecified atom stereocenters. The summed E-state index contributed by atoms with van der Waals surface area (Å²) in [5, 5.41) is 0. The summed E-state index contributed by atoms with van der Waals surface area (Å²) >= 11 is 6.80. The number of halogens is 3. The van der Waals surface area contributed by atoms with E-state index < -0.39 is 0 Å². The van der Waals surface area contributed by atoms with Gasteiger partial charge in [-0.15, -0.1) is 0 Å². The summed E-state index contributed by atoms with van der Waals surface area (Å²) < 4.78 is 20.8. The minimum absolute atomic E-state index is 0.293. The second-order valence-corrected chi connectivity index (χ2v) is 6.81. The highest BCUT2D eigenvalue weighted by Gasteiger charge is 2.21. The van der Waals surface area contributed by atoms with E-state index in [-0.39, 0.29) is 11.9 Å². The molecule has 110 valence electrons. The Morgan fingerprint density at radius 3 is 2.90 bits per heavy atom. The molecule has 21 heavy (non-hydrogen) atoms. The van der Waals surface area contributed by atoms with Gasteiger partial charge in [0.15, 0.2) is 0 Å². The van der Waals surface area contributed by atoms with Crippen LogP contribution < -0.4 is 10.5 Å². The van der Waals surface area contributed by atoms with E-state index >= 15 is 0 Å². The van der Waals surface area contributed by atoms with E-state index in [1.54, 1.807) is 6.07 Å². The van der Waals surface area contributed by atoms with Crippen molar-refractivity contribution in [2.75, 3.05) is 6.61 Å². The Morgan fingerprint density at radius 1 is 1.29 bits per heavy atom. The first-order valence-electron chi connectivity index (χ1n) is 6.70. The summed E-state index contributed by atoms with van der Waals surface area (Å²) in [5.41, 5.74) is 9.29. The lowest BCUT2D eigenvalue weighted by Gasteiger charge is -2.16. The second kappa shape index (κ2) is 6.07. The van der Waals surface area contributed by atoms with Crippen LogP contribution in [0.3, 0.4) is 0 Å². The largest absolute Gasteiger partial charge is 0.493 e. The summed E-state index contributed by atoms with van der Waals surface area (Å²) in [6.45, 7) is 0.706. The van der Waals surface area contributed by atoms with Crippen molar-refractivity contribution in [1.82, 2.24) is 0 Å². The smallest absolute Gasteiger partial charge is 0.137 e. The third kappa shape index (κ3) is 3.00. The number of ether oxygens (including phenoxy) is 1. The Morgan fingerprint density at radius 2 is 2.10 bits per heavy atom. The molecule has 1 aliphatic rings. The molecular formula is C16H14Br2FNO. The minimum Gasteiger partial charge on any atom is -0.493 e. The van der Waals surface area contributed by atoms with Gasteiger partial charge in [-0.25, -0.2) is 4.39 Å². The quantitative estimate of drug-likeness (QED) is 0.800. The average Bonchev–Trinajstić information content (AvgIpc) is 2.90. The standard InChI is InChI=1S/C16H14Br2FNO/c17-11-6-9-4-5-21-16(9)10(7-11)8-14(20)12-2-1-3-13(19)15(12)18/h1-3,6-7,14H,4-5,8,20H2. The molecule has 0 saturated carbocycles. The molecule has 2 aromatic rings. The zero-order valence-corrected chi connectivity index (χ0v) is 14.4. The van der Waals surface area contributed by atoms with Crippen molar-refractivity contribution in [2.45, 2.75) is 18.9 Å². The molecule has 3 rings (SSSR count). The highest BCUT2D eigenvalue weighted by molar-refractivity contribution is 9.10. The Bertz CT molecular complexity index is 690. The van der Waals surface area contributed by atoms with Crippen LogP contribution in [0.1, 0.15) is 22.7 Å². The van der Waals surface area contributed by atoms with E-state index in [0.717, 1.165) is 27.8 Å². The molecule has 1 atom stereocenters. The monoisotopic (exact) mass is 413 g/mol. The molecule has 0 bridgehead atoms. The molecule has 0 saturated heterocycles. The fourth-order valence-electron chi connectivity index (χ4n) is 2.65. The van der Waals surface area contributed by atoms with Crippen LogP contribution in [0.15, 0.2) is 39.3 Å². The SMILES string of the molecule is NC(Cc1cc(Br)cc2c1OCC2)c1cccc(F)c1Br. The number of fused-ring (bicyclic) bond motifs is 1. The predicted molar refractivity (Wildman–Crippen MR) is 88.1 cm³/mol. The number of rotatable bonds is 3. The van der Waals surface area contributed by atoms with Crippen molar-refractivity contribution in [3.05, 3.63) is 61.8 Å². The zero-order valence-electron chi connectivity index (χ0n) is 11.2. The third-order valence-electron chi connectivity index (χ3n) is 3.65. The molecule has 0 fully saturated rings. The van der Waals surface area contributed by atoms with Crippen LogP contribution in [0.2, 0.25) is 0 Å². The van der Waals surface area contributed by atoms with E-state index in [1.807, 2.05) is 12.1 Å². The van der Waals surface area contributed by atoms with Gasteiger partial charge in [0.25, 0.3) is 0 Å². The molecule has 5 heteroatoms. The summed E-state index contributed by atoms with van der Waals surface area (Å²) in [5.74, 6) is 0.639. The van der Waals surface area contributed by atoms with Gasteiger partial charge < -0.3 is 10.5 Å². The van der Waals surface area contributed by atoms with Crippen LogP contribution in [-0.2, 0) is 12.8 Å². The Balaban J connectivity index is 1.92. The molecule has 0 amide bonds. The van der Waals surface area contributed by atoms with Crippen molar-refractivity contribution in [3.8, 4) is 5.75 Å². The number of nitrogens with two attached hydrogens (primary N) is 1. The highest BCUT2D eigenvalue weighted by Crippen LogP contribution is 2.36. The van der Waals surface area contributed by atoms with Gasteiger partial charge in [0.1, 0.15) is 11.6 Å². The van der Waals surface area contributed by atoms with E-state index in [1.165, 1.54) is 11.6 Å². The summed E-state index contributed by atoms with van der Waals surface area (Å²) in [4.78, 5) is 0. The zero-order chi connectivity index (χ0) is 15.0. The van der Waals surface area contributed by atoms with E-state index in [0.29, 0.717) is 17.5 Å². The fourth-order valence-corrected chi connectivity index (χ4v) is 3.76. The minimum atomic E-state index is -0.294. The Labute approximate surface area is 139 Å². The molecule has 0 aromatic heterocycles. The van der Waals surface area contributed by atoms with Crippen molar-refractivity contribution in [1.29, 1.82) is 0 Å². The van der Waals surface area contributed by atoms with E-state index in [9.17, 15) is 4.39 Å². The third-order valence-corrected chi connectivity index (χ3v) is 4.94.